The van der Waals surface area contributed by atoms with Crippen LogP contribution in [0.25, 0.3) is 10.9 Å². The van der Waals surface area contributed by atoms with Gasteiger partial charge in [0.2, 0.25) is 5.89 Å². The first-order chi connectivity index (χ1) is 13.7. The molecule has 0 bridgehead atoms. The van der Waals surface area contributed by atoms with Crippen LogP contribution in [0.5, 0.6) is 0 Å². The van der Waals surface area contributed by atoms with Crippen molar-refractivity contribution in [1.29, 1.82) is 0 Å². The average Bonchev–Trinajstić information content (AvgIpc) is 3.16. The molecule has 1 N–H and O–H groups in total. The Morgan fingerprint density at radius 1 is 1.00 bits per heavy atom. The van der Waals surface area contributed by atoms with Gasteiger partial charge in [-0.2, -0.15) is 4.98 Å². The minimum atomic E-state index is -0.455. The minimum Gasteiger partial charge on any atom is -0.350 e. The fourth-order valence-electron chi connectivity index (χ4n) is 2.85. The first kappa shape index (κ1) is 17.8. The maximum Gasteiger partial charge on any atom is 0.269 e. The van der Waals surface area contributed by atoms with E-state index in [2.05, 4.69) is 20.4 Å². The van der Waals surface area contributed by atoms with Crippen LogP contribution in [0, 0.1) is 5.82 Å². The molecule has 0 fully saturated rings. The third-order valence-electron chi connectivity index (χ3n) is 4.24. The second-order valence-corrected chi connectivity index (χ2v) is 6.28. The summed E-state index contributed by atoms with van der Waals surface area (Å²) in [6, 6.07) is 17.8. The molecular weight excluding hydrogens is 359 g/mol. The number of carbonyl (C=O) groups is 1. The highest BCUT2D eigenvalue weighted by Gasteiger charge is 2.11. The number of amides is 1. The Morgan fingerprint density at radius 2 is 1.86 bits per heavy atom. The number of para-hydroxylation sites is 1. The summed E-state index contributed by atoms with van der Waals surface area (Å²) in [6.45, 7) is 0.308. The van der Waals surface area contributed by atoms with E-state index < -0.39 is 5.82 Å². The maximum absolute atomic E-state index is 13.8. The second-order valence-electron chi connectivity index (χ2n) is 6.28. The van der Waals surface area contributed by atoms with Crippen molar-refractivity contribution in [2.45, 2.75) is 12.8 Å². The number of fused-ring (bicyclic) bond motifs is 1. The Morgan fingerprint density at radius 3 is 2.71 bits per heavy atom. The Balaban J connectivity index is 1.34. The molecule has 28 heavy (non-hydrogen) atoms. The van der Waals surface area contributed by atoms with Crippen LogP contribution in [0.1, 0.15) is 27.8 Å². The third-order valence-corrected chi connectivity index (χ3v) is 4.24. The summed E-state index contributed by atoms with van der Waals surface area (Å²) in [5.41, 5.74) is 1.43. The molecular formula is C21H17FN4O2. The van der Waals surface area contributed by atoms with Crippen molar-refractivity contribution in [2.24, 2.45) is 0 Å². The van der Waals surface area contributed by atoms with E-state index in [1.165, 1.54) is 6.07 Å². The molecule has 4 rings (SSSR count). The fourth-order valence-corrected chi connectivity index (χ4v) is 2.85. The molecule has 0 aliphatic carbocycles. The summed E-state index contributed by atoms with van der Waals surface area (Å²) in [4.78, 5) is 20.7. The van der Waals surface area contributed by atoms with Gasteiger partial charge in [-0.05, 0) is 17.7 Å². The molecule has 2 aromatic heterocycles. The van der Waals surface area contributed by atoms with Crippen molar-refractivity contribution in [2.75, 3.05) is 6.54 Å². The zero-order chi connectivity index (χ0) is 19.3. The lowest BCUT2D eigenvalue weighted by Gasteiger charge is -2.05. The predicted octanol–water partition coefficient (Wildman–Crippen LogP) is 3.32. The number of halogens is 1. The Bertz CT molecular complexity index is 1110. The van der Waals surface area contributed by atoms with Crippen molar-refractivity contribution in [3.63, 3.8) is 0 Å². The van der Waals surface area contributed by atoms with Gasteiger partial charge in [-0.1, -0.05) is 53.7 Å². The molecule has 140 valence electrons. The van der Waals surface area contributed by atoms with Gasteiger partial charge in [0.15, 0.2) is 5.82 Å². The standard InChI is InChI=1S/C21H17FN4O2/c22-16-8-4-7-15-9-10-17(24-20(15)16)21(27)23-12-11-19-25-18(26-28-19)13-14-5-2-1-3-6-14/h1-10H,11-13H2,(H,23,27). The van der Waals surface area contributed by atoms with Crippen LogP contribution in [-0.4, -0.2) is 27.6 Å². The first-order valence-corrected chi connectivity index (χ1v) is 8.88. The SMILES string of the molecule is O=C(NCCc1nc(Cc2ccccc2)no1)c1ccc2cccc(F)c2n1. The normalized spacial score (nSPS) is 10.9. The van der Waals surface area contributed by atoms with Crippen molar-refractivity contribution in [3.8, 4) is 0 Å². The summed E-state index contributed by atoms with van der Waals surface area (Å²) >= 11 is 0. The van der Waals surface area contributed by atoms with Gasteiger partial charge in [0, 0.05) is 24.8 Å². The number of aromatic nitrogens is 3. The van der Waals surface area contributed by atoms with Gasteiger partial charge in [0.1, 0.15) is 17.0 Å². The molecule has 2 heterocycles. The monoisotopic (exact) mass is 376 g/mol. The molecule has 0 aliphatic heterocycles. The highest BCUT2D eigenvalue weighted by molar-refractivity contribution is 5.94. The van der Waals surface area contributed by atoms with E-state index >= 15 is 0 Å². The maximum atomic E-state index is 13.8. The van der Waals surface area contributed by atoms with Crippen LogP contribution in [0.15, 0.2) is 65.2 Å². The Kier molecular flexibility index (Phi) is 5.05. The van der Waals surface area contributed by atoms with Gasteiger partial charge in [0.25, 0.3) is 5.91 Å². The quantitative estimate of drug-likeness (QED) is 0.558. The Labute approximate surface area is 160 Å². The van der Waals surface area contributed by atoms with E-state index in [9.17, 15) is 9.18 Å². The van der Waals surface area contributed by atoms with Crippen molar-refractivity contribution < 1.29 is 13.7 Å². The van der Waals surface area contributed by atoms with Crippen LogP contribution in [0.3, 0.4) is 0 Å². The number of nitrogens with one attached hydrogen (secondary N) is 1. The summed E-state index contributed by atoms with van der Waals surface area (Å²) in [6.07, 6.45) is 0.985. The molecule has 1 amide bonds. The molecule has 6 nitrogen and oxygen atoms in total. The Hall–Kier alpha value is -3.61. The van der Waals surface area contributed by atoms with Gasteiger partial charge in [-0.3, -0.25) is 4.79 Å². The van der Waals surface area contributed by atoms with Crippen LogP contribution in [0.2, 0.25) is 0 Å². The number of hydrogen-bond donors (Lipinski definition) is 1. The summed E-state index contributed by atoms with van der Waals surface area (Å²) in [5, 5.41) is 7.34. The topological polar surface area (TPSA) is 80.9 Å². The molecule has 0 saturated heterocycles. The number of rotatable bonds is 6. The van der Waals surface area contributed by atoms with Gasteiger partial charge in [0.05, 0.1) is 0 Å². The molecule has 7 heteroatoms. The van der Waals surface area contributed by atoms with E-state index in [4.69, 9.17) is 4.52 Å². The summed E-state index contributed by atoms with van der Waals surface area (Å²) in [7, 11) is 0. The fraction of sp³-hybridized carbons (Fsp3) is 0.143. The number of pyridine rings is 1. The third kappa shape index (κ3) is 4.03. The second kappa shape index (κ2) is 7.96. The molecule has 0 radical (unpaired) electrons. The van der Waals surface area contributed by atoms with E-state index in [-0.39, 0.29) is 17.1 Å². The van der Waals surface area contributed by atoms with Crippen molar-refractivity contribution in [3.05, 3.63) is 89.5 Å². The smallest absolute Gasteiger partial charge is 0.269 e. The number of carbonyl (C=O) groups excluding carboxylic acids is 1. The molecule has 4 aromatic rings. The lowest BCUT2D eigenvalue weighted by molar-refractivity contribution is 0.0949. The van der Waals surface area contributed by atoms with Crippen molar-refractivity contribution >= 4 is 16.8 Å². The zero-order valence-electron chi connectivity index (χ0n) is 14.9. The number of hydrogen-bond acceptors (Lipinski definition) is 5. The van der Waals surface area contributed by atoms with E-state index in [1.54, 1.807) is 24.3 Å². The lowest BCUT2D eigenvalue weighted by Crippen LogP contribution is -2.26. The van der Waals surface area contributed by atoms with E-state index in [0.717, 1.165) is 5.56 Å². The molecule has 0 aliphatic rings. The average molecular weight is 376 g/mol. The highest BCUT2D eigenvalue weighted by atomic mass is 19.1. The van der Waals surface area contributed by atoms with Gasteiger partial charge in [-0.15, -0.1) is 0 Å². The number of nitrogens with zero attached hydrogens (tertiary/aromatic N) is 3. The van der Waals surface area contributed by atoms with Crippen LogP contribution < -0.4 is 5.32 Å². The largest absolute Gasteiger partial charge is 0.350 e. The molecule has 0 unspecified atom stereocenters. The van der Waals surface area contributed by atoms with Crippen molar-refractivity contribution in [1.82, 2.24) is 20.4 Å². The zero-order valence-corrected chi connectivity index (χ0v) is 14.9. The summed E-state index contributed by atoms with van der Waals surface area (Å²) in [5.74, 6) is 0.209. The van der Waals surface area contributed by atoms with E-state index in [0.29, 0.717) is 36.5 Å². The van der Waals surface area contributed by atoms with Gasteiger partial charge < -0.3 is 9.84 Å². The van der Waals surface area contributed by atoms with Crippen LogP contribution in [0.4, 0.5) is 4.39 Å². The molecule has 0 saturated carbocycles. The molecule has 0 spiro atoms. The first-order valence-electron chi connectivity index (χ1n) is 8.88. The lowest BCUT2D eigenvalue weighted by atomic mass is 10.1. The van der Waals surface area contributed by atoms with E-state index in [1.807, 2.05) is 30.3 Å². The van der Waals surface area contributed by atoms with Gasteiger partial charge in [-0.25, -0.2) is 9.37 Å². The van der Waals surface area contributed by atoms with Crippen LogP contribution in [-0.2, 0) is 12.8 Å². The minimum absolute atomic E-state index is 0.160. The number of benzene rings is 2. The van der Waals surface area contributed by atoms with Gasteiger partial charge >= 0.3 is 0 Å². The van der Waals surface area contributed by atoms with Crippen LogP contribution >= 0.6 is 0 Å². The predicted molar refractivity (Wildman–Crippen MR) is 101 cm³/mol. The molecule has 2 aromatic carbocycles. The summed E-state index contributed by atoms with van der Waals surface area (Å²) < 4.78 is 19.1. The molecule has 0 atom stereocenters. The highest BCUT2D eigenvalue weighted by Crippen LogP contribution is 2.15.